The van der Waals surface area contributed by atoms with E-state index in [9.17, 15) is 45.6 Å². The van der Waals surface area contributed by atoms with Gasteiger partial charge in [0.15, 0.2) is 12.6 Å². The van der Waals surface area contributed by atoms with Gasteiger partial charge in [0, 0.05) is 6.42 Å². The molecular formula is C56H107NO13. The van der Waals surface area contributed by atoms with Gasteiger partial charge in [-0.25, -0.2) is 0 Å². The second kappa shape index (κ2) is 43.0. The maximum Gasteiger partial charge on any atom is 0.220 e. The molecule has 2 aliphatic rings. The lowest BCUT2D eigenvalue weighted by Crippen LogP contribution is -2.65. The Hall–Kier alpha value is -1.27. The highest BCUT2D eigenvalue weighted by molar-refractivity contribution is 5.76. The van der Waals surface area contributed by atoms with Crippen molar-refractivity contribution >= 4 is 5.91 Å². The summed E-state index contributed by atoms with van der Waals surface area (Å²) >= 11 is 0. The predicted octanol–water partition coefficient (Wildman–Crippen LogP) is 9.11. The third-order valence-electron chi connectivity index (χ3n) is 14.5. The summed E-state index contributed by atoms with van der Waals surface area (Å²) in [6, 6.07) is -0.906. The average molecular weight is 1000 g/mol. The quantitative estimate of drug-likeness (QED) is 0.0205. The monoisotopic (exact) mass is 1000 g/mol. The van der Waals surface area contributed by atoms with Gasteiger partial charge in [-0.1, -0.05) is 231 Å². The molecule has 2 rings (SSSR count). The first-order valence-electron chi connectivity index (χ1n) is 28.9. The minimum Gasteiger partial charge on any atom is -0.394 e. The highest BCUT2D eigenvalue weighted by Gasteiger charge is 2.51. The molecule has 0 saturated carbocycles. The first-order valence-corrected chi connectivity index (χ1v) is 28.9. The van der Waals surface area contributed by atoms with Crippen molar-refractivity contribution in [2.24, 2.45) is 0 Å². The fourth-order valence-electron chi connectivity index (χ4n) is 9.76. The summed E-state index contributed by atoms with van der Waals surface area (Å²) < 4.78 is 22.6. The van der Waals surface area contributed by atoms with Gasteiger partial charge in [-0.15, -0.1) is 0 Å². The molecule has 2 saturated heterocycles. The Kier molecular flexibility index (Phi) is 39.9. The molecule has 2 fully saturated rings. The molecule has 14 nitrogen and oxygen atoms in total. The Bertz CT molecular complexity index is 1230. The van der Waals surface area contributed by atoms with Crippen LogP contribution in [-0.2, 0) is 23.7 Å². The van der Waals surface area contributed by atoms with Crippen molar-refractivity contribution in [3.05, 3.63) is 12.2 Å². The largest absolute Gasteiger partial charge is 0.394 e. The Morgan fingerprint density at radius 1 is 0.500 bits per heavy atom. The van der Waals surface area contributed by atoms with Crippen LogP contribution in [0.15, 0.2) is 12.2 Å². The van der Waals surface area contributed by atoms with Crippen LogP contribution in [0.5, 0.6) is 0 Å². The number of carbonyl (C=O) groups is 1. The van der Waals surface area contributed by atoms with Gasteiger partial charge in [0.2, 0.25) is 5.91 Å². The number of hydrogen-bond donors (Lipinski definition) is 9. The van der Waals surface area contributed by atoms with Gasteiger partial charge in [0.1, 0.15) is 48.8 Å². The summed E-state index contributed by atoms with van der Waals surface area (Å²) in [5.41, 5.74) is 0. The van der Waals surface area contributed by atoms with E-state index in [0.29, 0.717) is 6.42 Å². The fraction of sp³-hybridized carbons (Fsp3) is 0.946. The standard InChI is InChI=1S/C56H107NO13/c1-3-5-7-9-10-11-12-13-14-15-16-17-18-19-20-21-22-23-24-25-26-27-28-29-30-31-32-33-34-35-36-37-39-45(60)44(57-48(61)40-38-8-6-4-2)43-67-55-53(66)51(64)54(47(42-59)69-55)70-56-52(65)50(63)49(62)46(41-58)68-56/h37,39,44-47,49-56,58-60,62-66H,3-36,38,40-43H2,1-2H3,(H,57,61)/b39-37+. The van der Waals surface area contributed by atoms with Crippen LogP contribution in [0.3, 0.4) is 0 Å². The van der Waals surface area contributed by atoms with Crippen molar-refractivity contribution in [3.8, 4) is 0 Å². The van der Waals surface area contributed by atoms with Crippen LogP contribution < -0.4 is 5.32 Å². The van der Waals surface area contributed by atoms with E-state index in [4.69, 9.17) is 18.9 Å². The van der Waals surface area contributed by atoms with Crippen molar-refractivity contribution in [1.82, 2.24) is 5.32 Å². The molecule has 0 spiro atoms. The van der Waals surface area contributed by atoms with Gasteiger partial charge >= 0.3 is 0 Å². The van der Waals surface area contributed by atoms with Crippen molar-refractivity contribution in [3.63, 3.8) is 0 Å². The Balaban J connectivity index is 1.56. The van der Waals surface area contributed by atoms with Gasteiger partial charge in [-0.3, -0.25) is 4.79 Å². The predicted molar refractivity (Wildman–Crippen MR) is 277 cm³/mol. The number of rotatable bonds is 46. The minimum absolute atomic E-state index is 0.255. The molecule has 2 heterocycles. The lowest BCUT2D eigenvalue weighted by atomic mass is 9.97. The van der Waals surface area contributed by atoms with Crippen LogP contribution in [-0.4, -0.2) is 140 Å². The van der Waals surface area contributed by atoms with Crippen LogP contribution in [0, 0.1) is 0 Å². The van der Waals surface area contributed by atoms with E-state index in [1.807, 2.05) is 6.08 Å². The summed E-state index contributed by atoms with van der Waals surface area (Å²) in [5.74, 6) is -0.255. The third-order valence-corrected chi connectivity index (χ3v) is 14.5. The van der Waals surface area contributed by atoms with Crippen LogP contribution in [0.2, 0.25) is 0 Å². The second-order valence-electron chi connectivity index (χ2n) is 20.8. The molecule has 0 aromatic carbocycles. The number of nitrogens with one attached hydrogen (secondary N) is 1. The Morgan fingerprint density at radius 3 is 1.31 bits per heavy atom. The lowest BCUT2D eigenvalue weighted by Gasteiger charge is -2.46. The van der Waals surface area contributed by atoms with E-state index >= 15 is 0 Å². The summed E-state index contributed by atoms with van der Waals surface area (Å²) in [5, 5.41) is 86.3. The van der Waals surface area contributed by atoms with Gasteiger partial charge in [-0.05, 0) is 19.3 Å². The van der Waals surface area contributed by atoms with E-state index in [0.717, 1.165) is 38.5 Å². The number of aliphatic hydroxyl groups excluding tert-OH is 8. The zero-order valence-corrected chi connectivity index (χ0v) is 44.3. The number of carbonyl (C=O) groups excluding carboxylic acids is 1. The highest BCUT2D eigenvalue weighted by atomic mass is 16.7. The number of hydrogen-bond acceptors (Lipinski definition) is 13. The summed E-state index contributed by atoms with van der Waals surface area (Å²) in [6.07, 6.45) is 32.3. The van der Waals surface area contributed by atoms with E-state index in [2.05, 4.69) is 19.2 Å². The first-order chi connectivity index (χ1) is 34.1. The molecular weight excluding hydrogens is 895 g/mol. The number of unbranched alkanes of at least 4 members (excludes halogenated alkanes) is 33. The molecule has 70 heavy (non-hydrogen) atoms. The second-order valence-corrected chi connectivity index (χ2v) is 20.8. The molecule has 12 atom stereocenters. The molecule has 0 aromatic heterocycles. The molecule has 14 heteroatoms. The van der Waals surface area contributed by atoms with Crippen LogP contribution in [0.25, 0.3) is 0 Å². The summed E-state index contributed by atoms with van der Waals surface area (Å²) in [7, 11) is 0. The van der Waals surface area contributed by atoms with Crippen LogP contribution in [0.1, 0.15) is 245 Å². The maximum absolute atomic E-state index is 12.9. The topological polar surface area (TPSA) is 228 Å². The van der Waals surface area contributed by atoms with Crippen molar-refractivity contribution < 1.29 is 64.6 Å². The molecule has 414 valence electrons. The molecule has 0 aliphatic carbocycles. The normalized spacial score (nSPS) is 26.0. The van der Waals surface area contributed by atoms with Crippen LogP contribution >= 0.6 is 0 Å². The minimum atomic E-state index is -1.78. The molecule has 12 unspecified atom stereocenters. The van der Waals surface area contributed by atoms with Crippen molar-refractivity contribution in [2.75, 3.05) is 19.8 Å². The molecule has 0 bridgehead atoms. The fourth-order valence-corrected chi connectivity index (χ4v) is 9.76. The number of allylic oxidation sites excluding steroid dienone is 1. The van der Waals surface area contributed by atoms with Gasteiger partial charge < -0.3 is 65.1 Å². The number of amides is 1. The zero-order chi connectivity index (χ0) is 51.0. The molecule has 0 aromatic rings. The average Bonchev–Trinajstić information content (AvgIpc) is 3.36. The first kappa shape index (κ1) is 64.8. The van der Waals surface area contributed by atoms with E-state index in [1.54, 1.807) is 6.08 Å². The third kappa shape index (κ3) is 29.0. The van der Waals surface area contributed by atoms with Gasteiger partial charge in [-0.2, -0.15) is 0 Å². The number of aliphatic hydroxyl groups is 8. The van der Waals surface area contributed by atoms with Gasteiger partial charge in [0.05, 0.1) is 32.0 Å². The molecule has 0 radical (unpaired) electrons. The maximum atomic E-state index is 12.9. The summed E-state index contributed by atoms with van der Waals surface area (Å²) in [6.45, 7) is 2.67. The van der Waals surface area contributed by atoms with Gasteiger partial charge in [0.25, 0.3) is 0 Å². The molecule has 2 aliphatic heterocycles. The Morgan fingerprint density at radius 2 is 0.886 bits per heavy atom. The van der Waals surface area contributed by atoms with Crippen LogP contribution in [0.4, 0.5) is 0 Å². The smallest absolute Gasteiger partial charge is 0.220 e. The summed E-state index contributed by atoms with van der Waals surface area (Å²) in [4.78, 5) is 12.9. The Labute approximate surface area is 425 Å². The van der Waals surface area contributed by atoms with E-state index in [-0.39, 0.29) is 18.9 Å². The van der Waals surface area contributed by atoms with Crippen molar-refractivity contribution in [2.45, 2.75) is 319 Å². The van der Waals surface area contributed by atoms with E-state index < -0.39 is 86.8 Å². The van der Waals surface area contributed by atoms with Crippen molar-refractivity contribution in [1.29, 1.82) is 0 Å². The number of ether oxygens (including phenoxy) is 4. The molecule has 1 amide bonds. The van der Waals surface area contributed by atoms with E-state index in [1.165, 1.54) is 180 Å². The SMILES string of the molecule is CCCCCCCCCCCCCCCCCCCCCCCCCCCCCCCC/C=C/C(O)C(COC1OC(CO)C(OC2OC(CO)C(O)C(O)C2O)C(O)C1O)NC(=O)CCCCCC. The lowest BCUT2D eigenvalue weighted by molar-refractivity contribution is -0.359. The molecule has 9 N–H and O–H groups in total. The highest BCUT2D eigenvalue weighted by Crippen LogP contribution is 2.30. The zero-order valence-electron chi connectivity index (χ0n) is 44.3.